The fraction of sp³-hybridized carbons (Fsp3) is 0.226. The van der Waals surface area contributed by atoms with Crippen LogP contribution in [0.15, 0.2) is 89.4 Å². The number of piperazine rings is 1. The van der Waals surface area contributed by atoms with E-state index < -0.39 is 0 Å². The van der Waals surface area contributed by atoms with Crippen LogP contribution in [0.25, 0.3) is 5.69 Å². The zero-order chi connectivity index (χ0) is 28.2. The van der Waals surface area contributed by atoms with Crippen LogP contribution in [-0.4, -0.2) is 56.7 Å². The number of aromatic nitrogens is 4. The fourth-order valence-corrected chi connectivity index (χ4v) is 6.62. The smallest absolute Gasteiger partial charge is 0.273 e. The van der Waals surface area contributed by atoms with Gasteiger partial charge in [0, 0.05) is 43.7 Å². The maximum Gasteiger partial charge on any atom is 0.273 e. The molecule has 0 atom stereocenters. The zero-order valence-corrected chi connectivity index (χ0v) is 24.2. The minimum atomic E-state index is -0.237. The highest BCUT2D eigenvalue weighted by Gasteiger charge is 2.25. The number of amides is 1. The summed E-state index contributed by atoms with van der Waals surface area (Å²) in [5.41, 5.74) is 4.41. The van der Waals surface area contributed by atoms with E-state index in [9.17, 15) is 9.18 Å². The zero-order valence-electron chi connectivity index (χ0n) is 22.6. The Morgan fingerprint density at radius 2 is 1.66 bits per heavy atom. The molecular formula is C31H29FN6OS2. The van der Waals surface area contributed by atoms with Crippen molar-refractivity contribution in [2.45, 2.75) is 24.3 Å². The quantitative estimate of drug-likeness (QED) is 0.208. The number of nitrogens with zero attached hydrogens (tertiary/aromatic N) is 6. The van der Waals surface area contributed by atoms with Crippen molar-refractivity contribution in [1.82, 2.24) is 24.6 Å². The van der Waals surface area contributed by atoms with E-state index >= 15 is 0 Å². The van der Waals surface area contributed by atoms with Crippen molar-refractivity contribution < 1.29 is 9.18 Å². The van der Waals surface area contributed by atoms with E-state index in [1.807, 2.05) is 34.5 Å². The summed E-state index contributed by atoms with van der Waals surface area (Å²) in [6.45, 7) is 4.29. The lowest BCUT2D eigenvalue weighted by Gasteiger charge is -2.35. The minimum Gasteiger partial charge on any atom is -0.366 e. The Morgan fingerprint density at radius 1 is 0.927 bits per heavy atom. The van der Waals surface area contributed by atoms with Gasteiger partial charge < -0.3 is 9.80 Å². The van der Waals surface area contributed by atoms with Crippen LogP contribution < -0.4 is 4.90 Å². The van der Waals surface area contributed by atoms with Crippen molar-refractivity contribution in [1.29, 1.82) is 0 Å². The lowest BCUT2D eigenvalue weighted by molar-refractivity contribution is 0.0741. The monoisotopic (exact) mass is 584 g/mol. The van der Waals surface area contributed by atoms with E-state index in [0.29, 0.717) is 49.7 Å². The van der Waals surface area contributed by atoms with Crippen molar-refractivity contribution >= 4 is 34.7 Å². The Hall–Kier alpha value is -4.02. The third-order valence-electron chi connectivity index (χ3n) is 7.05. The summed E-state index contributed by atoms with van der Waals surface area (Å²) in [5, 5.41) is 12.5. The molecule has 41 heavy (non-hydrogen) atoms. The molecule has 6 rings (SSSR count). The summed E-state index contributed by atoms with van der Waals surface area (Å²) in [7, 11) is 0. The van der Waals surface area contributed by atoms with Gasteiger partial charge in [-0.05, 0) is 36.8 Å². The second kappa shape index (κ2) is 12.2. The van der Waals surface area contributed by atoms with Crippen LogP contribution in [-0.2, 0) is 12.2 Å². The normalized spacial score (nSPS) is 13.5. The molecule has 7 nitrogen and oxygen atoms in total. The molecule has 0 radical (unpaired) electrons. The van der Waals surface area contributed by atoms with Crippen LogP contribution in [0.3, 0.4) is 0 Å². The van der Waals surface area contributed by atoms with Gasteiger partial charge in [-0.15, -0.1) is 21.5 Å². The fourth-order valence-electron chi connectivity index (χ4n) is 4.86. The van der Waals surface area contributed by atoms with Crippen LogP contribution in [0.5, 0.6) is 0 Å². The first-order valence-electron chi connectivity index (χ1n) is 13.5. The van der Waals surface area contributed by atoms with Gasteiger partial charge >= 0.3 is 0 Å². The van der Waals surface area contributed by atoms with Crippen molar-refractivity contribution in [3.8, 4) is 5.69 Å². The lowest BCUT2D eigenvalue weighted by Crippen LogP contribution is -2.49. The van der Waals surface area contributed by atoms with E-state index in [1.165, 1.54) is 28.5 Å². The second-order valence-corrected chi connectivity index (χ2v) is 11.8. The first kappa shape index (κ1) is 27.2. The third kappa shape index (κ3) is 6.18. The third-order valence-corrected chi connectivity index (χ3v) is 9.02. The molecule has 0 spiro atoms. The van der Waals surface area contributed by atoms with Crippen LogP contribution in [0.4, 0.5) is 10.1 Å². The van der Waals surface area contributed by atoms with E-state index in [2.05, 4.69) is 63.1 Å². The van der Waals surface area contributed by atoms with Crippen LogP contribution in [0.2, 0.25) is 0 Å². The van der Waals surface area contributed by atoms with Crippen molar-refractivity contribution in [3.63, 3.8) is 0 Å². The van der Waals surface area contributed by atoms with Gasteiger partial charge in [0.1, 0.15) is 22.3 Å². The Morgan fingerprint density at radius 3 is 2.41 bits per heavy atom. The van der Waals surface area contributed by atoms with Gasteiger partial charge in [0.2, 0.25) is 0 Å². The number of carbonyl (C=O) groups excluding carboxylic acids is 1. The molecule has 1 amide bonds. The number of aryl methyl sites for hydroxylation is 1. The van der Waals surface area contributed by atoms with Crippen LogP contribution >= 0.6 is 23.1 Å². The highest BCUT2D eigenvalue weighted by molar-refractivity contribution is 7.98. The van der Waals surface area contributed by atoms with Crippen LogP contribution in [0.1, 0.15) is 32.4 Å². The minimum absolute atomic E-state index is 0.0846. The second-order valence-electron chi connectivity index (χ2n) is 9.88. The van der Waals surface area contributed by atoms with E-state index in [-0.39, 0.29) is 11.7 Å². The average molecular weight is 585 g/mol. The number of hydrogen-bond acceptors (Lipinski definition) is 7. The number of carbonyl (C=O) groups is 1. The van der Waals surface area contributed by atoms with Crippen molar-refractivity contribution in [2.75, 3.05) is 31.1 Å². The van der Waals surface area contributed by atoms with Gasteiger partial charge in [0.05, 0.1) is 11.4 Å². The standard InChI is InChI=1S/C31H29FN6OS2/c1-22-11-13-24(14-12-22)38-28(19-23-7-3-2-4-8-23)34-35-31(38)41-21-29-33-26(20-40-29)30(39)37-17-15-36(16-18-37)27-10-6-5-9-25(27)32/h2-14,20H,15-19,21H2,1H3. The number of thioether (sulfide) groups is 1. The molecule has 0 aliphatic carbocycles. The highest BCUT2D eigenvalue weighted by atomic mass is 32.2. The summed E-state index contributed by atoms with van der Waals surface area (Å²) in [6, 6.07) is 25.4. The number of rotatable bonds is 8. The molecule has 2 aromatic heterocycles. The highest BCUT2D eigenvalue weighted by Crippen LogP contribution is 2.28. The molecule has 10 heteroatoms. The number of benzene rings is 3. The molecule has 1 saturated heterocycles. The molecule has 0 unspecified atom stereocenters. The maximum absolute atomic E-state index is 14.2. The molecule has 208 valence electrons. The molecule has 3 heterocycles. The molecule has 1 aliphatic heterocycles. The largest absolute Gasteiger partial charge is 0.366 e. The van der Waals surface area contributed by atoms with E-state index in [1.54, 1.807) is 28.8 Å². The van der Waals surface area contributed by atoms with Gasteiger partial charge in [0.25, 0.3) is 5.91 Å². The molecule has 0 N–H and O–H groups in total. The Balaban J connectivity index is 1.13. The average Bonchev–Trinajstić information content (AvgIpc) is 3.64. The Kier molecular flexibility index (Phi) is 8.11. The molecule has 0 bridgehead atoms. The first-order chi connectivity index (χ1) is 20.0. The summed E-state index contributed by atoms with van der Waals surface area (Å²) >= 11 is 3.04. The summed E-state index contributed by atoms with van der Waals surface area (Å²) in [4.78, 5) is 21.6. The van der Waals surface area contributed by atoms with E-state index in [4.69, 9.17) is 0 Å². The van der Waals surface area contributed by atoms with Gasteiger partial charge in [0.15, 0.2) is 5.16 Å². The number of anilines is 1. The van der Waals surface area contributed by atoms with Gasteiger partial charge in [-0.3, -0.25) is 9.36 Å². The van der Waals surface area contributed by atoms with Gasteiger partial charge in [-0.2, -0.15) is 0 Å². The molecule has 3 aromatic carbocycles. The summed E-state index contributed by atoms with van der Waals surface area (Å²) < 4.78 is 16.3. The molecule has 1 aliphatic rings. The van der Waals surface area contributed by atoms with Gasteiger partial charge in [-0.1, -0.05) is 71.9 Å². The SMILES string of the molecule is Cc1ccc(-n2c(Cc3ccccc3)nnc2SCc2nc(C(=O)N3CCN(c4ccccc4F)CC3)cs2)cc1. The Labute approximate surface area is 246 Å². The first-order valence-corrected chi connectivity index (χ1v) is 15.3. The summed E-state index contributed by atoms with van der Waals surface area (Å²) in [5.74, 6) is 1.12. The number of thiazole rings is 1. The van der Waals surface area contributed by atoms with Crippen molar-refractivity contribution in [2.24, 2.45) is 0 Å². The molecule has 5 aromatic rings. The lowest BCUT2D eigenvalue weighted by atomic mass is 10.1. The van der Waals surface area contributed by atoms with Crippen molar-refractivity contribution in [3.05, 3.63) is 118 Å². The number of para-hydroxylation sites is 1. The van der Waals surface area contributed by atoms with Crippen LogP contribution in [0, 0.1) is 12.7 Å². The summed E-state index contributed by atoms with van der Waals surface area (Å²) in [6.07, 6.45) is 0.669. The predicted molar refractivity (Wildman–Crippen MR) is 162 cm³/mol. The number of hydrogen-bond donors (Lipinski definition) is 0. The van der Waals surface area contributed by atoms with E-state index in [0.717, 1.165) is 21.7 Å². The molecular weight excluding hydrogens is 556 g/mol. The maximum atomic E-state index is 14.2. The molecule has 1 fully saturated rings. The number of halogens is 1. The Bertz CT molecular complexity index is 1630. The molecule has 0 saturated carbocycles. The van der Waals surface area contributed by atoms with Gasteiger partial charge in [-0.25, -0.2) is 9.37 Å². The topological polar surface area (TPSA) is 67.2 Å². The predicted octanol–water partition coefficient (Wildman–Crippen LogP) is 6.02.